The van der Waals surface area contributed by atoms with Crippen LogP contribution in [0.3, 0.4) is 0 Å². The summed E-state index contributed by atoms with van der Waals surface area (Å²) in [5, 5.41) is 12.2. The Labute approximate surface area is 146 Å². The summed E-state index contributed by atoms with van der Waals surface area (Å²) in [5.74, 6) is -0.414. The molecule has 2 N–H and O–H groups in total. The van der Waals surface area contributed by atoms with E-state index in [1.165, 1.54) is 0 Å². The number of rotatable bonds is 4. The number of aliphatic hydroxyl groups excluding tert-OH is 1. The Kier molecular flexibility index (Phi) is 5.33. The van der Waals surface area contributed by atoms with Gasteiger partial charge in [-0.3, -0.25) is 14.4 Å². The third-order valence-electron chi connectivity index (χ3n) is 4.66. The second-order valence-electron chi connectivity index (χ2n) is 6.51. The summed E-state index contributed by atoms with van der Waals surface area (Å²) in [6.45, 7) is 1.57. The van der Waals surface area contributed by atoms with Crippen molar-refractivity contribution < 1.29 is 19.5 Å². The van der Waals surface area contributed by atoms with E-state index in [0.29, 0.717) is 38.0 Å². The molecule has 2 aliphatic heterocycles. The highest BCUT2D eigenvalue weighted by atomic mass is 16.3. The van der Waals surface area contributed by atoms with Gasteiger partial charge in [-0.1, -0.05) is 0 Å². The van der Waals surface area contributed by atoms with Gasteiger partial charge in [-0.05, 0) is 43.5 Å². The van der Waals surface area contributed by atoms with Crippen molar-refractivity contribution in [2.45, 2.75) is 31.8 Å². The molecule has 3 amide bonds. The number of hydrogen-bond donors (Lipinski definition) is 2. The summed E-state index contributed by atoms with van der Waals surface area (Å²) in [4.78, 5) is 39.3. The van der Waals surface area contributed by atoms with E-state index >= 15 is 0 Å². The summed E-state index contributed by atoms with van der Waals surface area (Å²) >= 11 is 0. The number of likely N-dealkylation sites (tertiary alicyclic amines) is 1. The Morgan fingerprint density at radius 1 is 1.16 bits per heavy atom. The Hall–Kier alpha value is -2.41. The Morgan fingerprint density at radius 2 is 1.92 bits per heavy atom. The van der Waals surface area contributed by atoms with E-state index in [1.54, 1.807) is 34.1 Å². The maximum absolute atomic E-state index is 12.2. The molecule has 0 aliphatic carbocycles. The number of nitrogens with zero attached hydrogens (tertiary/aromatic N) is 2. The van der Waals surface area contributed by atoms with Crippen molar-refractivity contribution in [3.05, 3.63) is 29.8 Å². The van der Waals surface area contributed by atoms with Gasteiger partial charge in [-0.25, -0.2) is 0 Å². The van der Waals surface area contributed by atoms with Crippen LogP contribution in [0.5, 0.6) is 0 Å². The Balaban J connectivity index is 1.52. The van der Waals surface area contributed by atoms with Gasteiger partial charge in [-0.2, -0.15) is 0 Å². The van der Waals surface area contributed by atoms with Crippen molar-refractivity contribution in [1.29, 1.82) is 0 Å². The summed E-state index contributed by atoms with van der Waals surface area (Å²) in [5.41, 5.74) is 1.24. The lowest BCUT2D eigenvalue weighted by Crippen LogP contribution is -2.46. The smallest absolute Gasteiger partial charge is 0.251 e. The van der Waals surface area contributed by atoms with E-state index in [4.69, 9.17) is 0 Å². The number of hydrogen-bond acceptors (Lipinski definition) is 4. The summed E-state index contributed by atoms with van der Waals surface area (Å²) in [6.07, 6.45) is 2.43. The second-order valence-corrected chi connectivity index (χ2v) is 6.51. The van der Waals surface area contributed by atoms with Gasteiger partial charge in [0.25, 0.3) is 5.91 Å². The van der Waals surface area contributed by atoms with Crippen molar-refractivity contribution in [3.63, 3.8) is 0 Å². The average molecular weight is 345 g/mol. The van der Waals surface area contributed by atoms with Crippen LogP contribution in [0, 0.1) is 0 Å². The topological polar surface area (TPSA) is 89.9 Å². The molecule has 0 saturated carbocycles. The number of aliphatic hydroxyl groups is 1. The Bertz CT molecular complexity index is 659. The fourth-order valence-corrected chi connectivity index (χ4v) is 3.26. The molecule has 0 radical (unpaired) electrons. The SMILES string of the molecule is O=C(NCC(=O)N1CCCC(O)C1)c1ccc(N2CCCC2=O)cc1. The van der Waals surface area contributed by atoms with Gasteiger partial charge in [0.1, 0.15) is 0 Å². The highest BCUT2D eigenvalue weighted by Gasteiger charge is 2.23. The fourth-order valence-electron chi connectivity index (χ4n) is 3.26. The molecule has 0 spiro atoms. The van der Waals surface area contributed by atoms with Gasteiger partial charge in [0, 0.05) is 37.3 Å². The number of piperidine rings is 1. The molecular formula is C18H23N3O4. The van der Waals surface area contributed by atoms with Crippen LogP contribution < -0.4 is 10.2 Å². The minimum absolute atomic E-state index is 0.0854. The van der Waals surface area contributed by atoms with E-state index in [1.807, 2.05) is 0 Å². The van der Waals surface area contributed by atoms with Gasteiger partial charge < -0.3 is 20.2 Å². The Morgan fingerprint density at radius 3 is 2.56 bits per heavy atom. The molecule has 1 unspecified atom stereocenters. The first kappa shape index (κ1) is 17.4. The van der Waals surface area contributed by atoms with E-state index in [2.05, 4.69) is 5.32 Å². The molecule has 2 saturated heterocycles. The minimum Gasteiger partial charge on any atom is -0.391 e. The van der Waals surface area contributed by atoms with E-state index in [0.717, 1.165) is 18.5 Å². The molecular weight excluding hydrogens is 322 g/mol. The summed E-state index contributed by atoms with van der Waals surface area (Å²) < 4.78 is 0. The van der Waals surface area contributed by atoms with Crippen LogP contribution in [0.25, 0.3) is 0 Å². The van der Waals surface area contributed by atoms with Gasteiger partial charge >= 0.3 is 0 Å². The van der Waals surface area contributed by atoms with Crippen molar-refractivity contribution in [2.24, 2.45) is 0 Å². The van der Waals surface area contributed by atoms with Crippen molar-refractivity contribution >= 4 is 23.4 Å². The first-order chi connectivity index (χ1) is 12.0. The van der Waals surface area contributed by atoms with Crippen LogP contribution in [0.2, 0.25) is 0 Å². The maximum atomic E-state index is 12.2. The molecule has 2 aliphatic rings. The van der Waals surface area contributed by atoms with Crippen LogP contribution in [0.4, 0.5) is 5.69 Å². The molecule has 1 aromatic carbocycles. The minimum atomic E-state index is -0.478. The summed E-state index contributed by atoms with van der Waals surface area (Å²) in [7, 11) is 0. The first-order valence-corrected chi connectivity index (χ1v) is 8.69. The highest BCUT2D eigenvalue weighted by Crippen LogP contribution is 2.21. The molecule has 1 aromatic rings. The molecule has 134 valence electrons. The number of benzene rings is 1. The van der Waals surface area contributed by atoms with Crippen LogP contribution in [0.15, 0.2) is 24.3 Å². The monoisotopic (exact) mass is 345 g/mol. The lowest BCUT2D eigenvalue weighted by molar-refractivity contribution is -0.133. The van der Waals surface area contributed by atoms with E-state index in [-0.39, 0.29) is 24.3 Å². The summed E-state index contributed by atoms with van der Waals surface area (Å²) in [6, 6.07) is 6.82. The molecule has 7 heteroatoms. The first-order valence-electron chi connectivity index (χ1n) is 8.69. The van der Waals surface area contributed by atoms with Gasteiger partial charge in [0.2, 0.25) is 11.8 Å². The third kappa shape index (κ3) is 4.17. The molecule has 1 atom stereocenters. The van der Waals surface area contributed by atoms with Crippen molar-refractivity contribution in [2.75, 3.05) is 31.1 Å². The second kappa shape index (κ2) is 7.65. The highest BCUT2D eigenvalue weighted by molar-refractivity contribution is 5.98. The van der Waals surface area contributed by atoms with Gasteiger partial charge in [-0.15, -0.1) is 0 Å². The van der Waals surface area contributed by atoms with Gasteiger partial charge in [0.05, 0.1) is 12.6 Å². The lowest BCUT2D eigenvalue weighted by Gasteiger charge is -2.30. The average Bonchev–Trinajstić information content (AvgIpc) is 3.05. The molecule has 25 heavy (non-hydrogen) atoms. The van der Waals surface area contributed by atoms with Crippen LogP contribution >= 0.6 is 0 Å². The van der Waals surface area contributed by atoms with Crippen LogP contribution in [-0.4, -0.2) is 60.0 Å². The van der Waals surface area contributed by atoms with Crippen LogP contribution in [0.1, 0.15) is 36.0 Å². The molecule has 3 rings (SSSR count). The van der Waals surface area contributed by atoms with E-state index in [9.17, 15) is 19.5 Å². The number of carbonyl (C=O) groups excluding carboxylic acids is 3. The number of carbonyl (C=O) groups is 3. The zero-order chi connectivity index (χ0) is 17.8. The standard InChI is InChI=1S/C18H23N3O4/c22-15-3-1-9-20(12-15)17(24)11-19-18(25)13-5-7-14(8-6-13)21-10-2-4-16(21)23/h5-8,15,22H,1-4,9-12H2,(H,19,25). The third-order valence-corrected chi connectivity index (χ3v) is 4.66. The zero-order valence-corrected chi connectivity index (χ0v) is 14.1. The molecule has 0 aromatic heterocycles. The predicted molar refractivity (Wildman–Crippen MR) is 92.2 cm³/mol. The predicted octanol–water partition coefficient (Wildman–Crippen LogP) is 0.526. The largest absolute Gasteiger partial charge is 0.391 e. The zero-order valence-electron chi connectivity index (χ0n) is 14.1. The number of β-amino-alcohol motifs (C(OH)–C–C–N with tert-alkyl or cyclic N) is 1. The normalized spacial score (nSPS) is 20.7. The molecule has 0 bridgehead atoms. The number of nitrogens with one attached hydrogen (secondary N) is 1. The van der Waals surface area contributed by atoms with Gasteiger partial charge in [0.15, 0.2) is 0 Å². The molecule has 2 heterocycles. The number of amides is 3. The van der Waals surface area contributed by atoms with Crippen molar-refractivity contribution in [3.8, 4) is 0 Å². The number of anilines is 1. The van der Waals surface area contributed by atoms with E-state index < -0.39 is 6.10 Å². The quantitative estimate of drug-likeness (QED) is 0.833. The maximum Gasteiger partial charge on any atom is 0.251 e. The molecule has 7 nitrogen and oxygen atoms in total. The fraction of sp³-hybridized carbons (Fsp3) is 0.500. The van der Waals surface area contributed by atoms with Crippen LogP contribution in [-0.2, 0) is 9.59 Å². The molecule has 2 fully saturated rings. The van der Waals surface area contributed by atoms with Crippen molar-refractivity contribution in [1.82, 2.24) is 10.2 Å². The lowest BCUT2D eigenvalue weighted by atomic mass is 10.1.